The summed E-state index contributed by atoms with van der Waals surface area (Å²) < 4.78 is 5.75. The molecule has 0 aliphatic heterocycles. The van der Waals surface area contributed by atoms with E-state index in [2.05, 4.69) is 15.9 Å². The van der Waals surface area contributed by atoms with Crippen molar-refractivity contribution in [1.82, 2.24) is 0 Å². The highest BCUT2D eigenvalue weighted by molar-refractivity contribution is 9.10. The Morgan fingerprint density at radius 2 is 2.29 bits per heavy atom. The topological polar surface area (TPSA) is 52.4 Å². The summed E-state index contributed by atoms with van der Waals surface area (Å²) in [6, 6.07) is 5.23. The minimum absolute atomic E-state index is 0.503. The van der Waals surface area contributed by atoms with Crippen LogP contribution in [0.5, 0.6) is 5.75 Å². The molecule has 0 fully saturated rings. The summed E-state index contributed by atoms with van der Waals surface area (Å²) in [4.78, 5) is 9.58. The van der Waals surface area contributed by atoms with Crippen LogP contribution in [-0.4, -0.2) is 12.0 Å². The minimum Gasteiger partial charge on any atom is -0.497 e. The van der Waals surface area contributed by atoms with Crippen LogP contribution >= 0.6 is 15.9 Å². The molecule has 0 atom stereocenters. The van der Waals surface area contributed by atoms with Gasteiger partial charge in [-0.2, -0.15) is 0 Å². The molecule has 0 saturated carbocycles. The van der Waals surface area contributed by atoms with Gasteiger partial charge in [-0.3, -0.25) is 10.1 Å². The molecule has 1 aromatic carbocycles. The SMILES string of the molecule is COc1ccc(/C=C/[N+](=O)[O-])c(Br)c1. The van der Waals surface area contributed by atoms with Gasteiger partial charge in [0.1, 0.15) is 5.75 Å². The van der Waals surface area contributed by atoms with Crippen LogP contribution in [0.1, 0.15) is 5.56 Å². The lowest BCUT2D eigenvalue weighted by Gasteiger charge is -2.01. The van der Waals surface area contributed by atoms with Crippen LogP contribution in [-0.2, 0) is 0 Å². The first-order valence-electron chi connectivity index (χ1n) is 3.78. The lowest BCUT2D eigenvalue weighted by atomic mass is 10.2. The summed E-state index contributed by atoms with van der Waals surface area (Å²) in [6.45, 7) is 0. The molecule has 1 rings (SSSR count). The minimum atomic E-state index is -0.503. The first-order chi connectivity index (χ1) is 6.63. The molecular weight excluding hydrogens is 250 g/mol. The van der Waals surface area contributed by atoms with Crippen LogP contribution in [0, 0.1) is 10.1 Å². The zero-order valence-electron chi connectivity index (χ0n) is 7.44. The zero-order chi connectivity index (χ0) is 10.6. The molecule has 0 unspecified atom stereocenters. The van der Waals surface area contributed by atoms with E-state index < -0.39 is 4.92 Å². The van der Waals surface area contributed by atoms with Crippen molar-refractivity contribution in [2.75, 3.05) is 7.11 Å². The fraction of sp³-hybridized carbons (Fsp3) is 0.111. The maximum Gasteiger partial charge on any atom is 0.235 e. The van der Waals surface area contributed by atoms with Crippen molar-refractivity contribution in [2.24, 2.45) is 0 Å². The van der Waals surface area contributed by atoms with Crippen molar-refractivity contribution >= 4 is 22.0 Å². The molecule has 0 aromatic heterocycles. The third-order valence-electron chi connectivity index (χ3n) is 1.58. The van der Waals surface area contributed by atoms with Crippen molar-refractivity contribution in [2.45, 2.75) is 0 Å². The number of ether oxygens (including phenoxy) is 1. The molecule has 4 nitrogen and oxygen atoms in total. The number of nitro groups is 1. The summed E-state index contributed by atoms with van der Waals surface area (Å²) in [5.74, 6) is 0.704. The first-order valence-corrected chi connectivity index (χ1v) is 4.58. The summed E-state index contributed by atoms with van der Waals surface area (Å²) >= 11 is 3.28. The van der Waals surface area contributed by atoms with Gasteiger partial charge in [-0.15, -0.1) is 0 Å². The lowest BCUT2D eigenvalue weighted by molar-refractivity contribution is -0.400. The fourth-order valence-corrected chi connectivity index (χ4v) is 1.40. The number of hydrogen-bond donors (Lipinski definition) is 0. The second-order valence-electron chi connectivity index (χ2n) is 2.49. The Balaban J connectivity index is 2.94. The van der Waals surface area contributed by atoms with Crippen molar-refractivity contribution in [3.05, 3.63) is 44.5 Å². The molecule has 0 aliphatic carbocycles. The lowest BCUT2D eigenvalue weighted by Crippen LogP contribution is -1.85. The van der Waals surface area contributed by atoms with E-state index in [1.807, 2.05) is 0 Å². The number of methoxy groups -OCH3 is 1. The number of halogens is 1. The molecule has 14 heavy (non-hydrogen) atoms. The Morgan fingerprint density at radius 1 is 1.57 bits per heavy atom. The average Bonchev–Trinajstić information content (AvgIpc) is 2.15. The molecule has 0 N–H and O–H groups in total. The van der Waals surface area contributed by atoms with Crippen LogP contribution in [0.25, 0.3) is 6.08 Å². The van der Waals surface area contributed by atoms with Gasteiger partial charge in [0, 0.05) is 10.5 Å². The van der Waals surface area contributed by atoms with Gasteiger partial charge in [-0.05, 0) is 23.8 Å². The van der Waals surface area contributed by atoms with Crippen LogP contribution in [0.2, 0.25) is 0 Å². The van der Waals surface area contributed by atoms with Crippen LogP contribution in [0.15, 0.2) is 28.9 Å². The highest BCUT2D eigenvalue weighted by Gasteiger charge is 1.99. The Hall–Kier alpha value is -1.36. The van der Waals surface area contributed by atoms with Gasteiger partial charge in [-0.1, -0.05) is 15.9 Å². The Morgan fingerprint density at radius 3 is 2.79 bits per heavy atom. The van der Waals surface area contributed by atoms with Gasteiger partial charge >= 0.3 is 0 Å². The zero-order valence-corrected chi connectivity index (χ0v) is 9.02. The van der Waals surface area contributed by atoms with Crippen molar-refractivity contribution in [3.8, 4) is 5.75 Å². The van der Waals surface area contributed by atoms with E-state index in [4.69, 9.17) is 4.74 Å². The largest absolute Gasteiger partial charge is 0.497 e. The number of hydrogen-bond acceptors (Lipinski definition) is 3. The van der Waals surface area contributed by atoms with Crippen LogP contribution in [0.3, 0.4) is 0 Å². The maximum absolute atomic E-state index is 10.1. The molecule has 0 heterocycles. The molecular formula is C9H8BrNO3. The Kier molecular flexibility index (Phi) is 3.64. The van der Waals surface area contributed by atoms with Gasteiger partial charge < -0.3 is 4.74 Å². The van der Waals surface area contributed by atoms with E-state index in [0.717, 1.165) is 16.2 Å². The molecule has 1 aromatic rings. The smallest absolute Gasteiger partial charge is 0.235 e. The summed E-state index contributed by atoms with van der Waals surface area (Å²) in [5.41, 5.74) is 0.738. The van der Waals surface area contributed by atoms with Gasteiger partial charge in [-0.25, -0.2) is 0 Å². The van der Waals surface area contributed by atoms with E-state index in [1.165, 1.54) is 6.08 Å². The highest BCUT2D eigenvalue weighted by atomic mass is 79.9. The summed E-state index contributed by atoms with van der Waals surface area (Å²) in [7, 11) is 1.56. The Bertz CT molecular complexity index is 376. The maximum atomic E-state index is 10.1. The van der Waals surface area contributed by atoms with E-state index in [9.17, 15) is 10.1 Å². The monoisotopic (exact) mass is 257 g/mol. The van der Waals surface area contributed by atoms with Gasteiger partial charge in [0.2, 0.25) is 6.20 Å². The average molecular weight is 258 g/mol. The predicted octanol–water partition coefficient (Wildman–Crippen LogP) is 2.71. The van der Waals surface area contributed by atoms with Gasteiger partial charge in [0.25, 0.3) is 0 Å². The second kappa shape index (κ2) is 4.76. The van der Waals surface area contributed by atoms with Crippen molar-refractivity contribution in [1.29, 1.82) is 0 Å². The van der Waals surface area contributed by atoms with Crippen LogP contribution in [0.4, 0.5) is 0 Å². The number of nitrogens with zero attached hydrogens (tertiary/aromatic N) is 1. The third-order valence-corrected chi connectivity index (χ3v) is 2.27. The van der Waals surface area contributed by atoms with E-state index >= 15 is 0 Å². The highest BCUT2D eigenvalue weighted by Crippen LogP contribution is 2.23. The quantitative estimate of drug-likeness (QED) is 0.618. The molecule has 5 heteroatoms. The molecule has 0 aliphatic rings. The van der Waals surface area contributed by atoms with Crippen LogP contribution < -0.4 is 4.74 Å². The molecule has 0 radical (unpaired) electrons. The van der Waals surface area contributed by atoms with E-state index in [1.54, 1.807) is 25.3 Å². The summed E-state index contributed by atoms with van der Waals surface area (Å²) in [6.07, 6.45) is 2.32. The molecule has 74 valence electrons. The Labute approximate surface area is 89.5 Å². The van der Waals surface area contributed by atoms with E-state index in [0.29, 0.717) is 5.75 Å². The second-order valence-corrected chi connectivity index (χ2v) is 3.34. The predicted molar refractivity (Wildman–Crippen MR) is 56.7 cm³/mol. The standard InChI is InChI=1S/C9H8BrNO3/c1-14-8-3-2-7(9(10)6-8)4-5-11(12)13/h2-6H,1H3/b5-4+. The molecule has 0 bridgehead atoms. The normalized spacial score (nSPS) is 10.4. The number of rotatable bonds is 3. The fourth-order valence-electron chi connectivity index (χ4n) is 0.911. The third kappa shape index (κ3) is 2.85. The van der Waals surface area contributed by atoms with Gasteiger partial charge in [0.05, 0.1) is 12.0 Å². The van der Waals surface area contributed by atoms with E-state index in [-0.39, 0.29) is 0 Å². The van der Waals surface area contributed by atoms with Crippen molar-refractivity contribution in [3.63, 3.8) is 0 Å². The number of benzene rings is 1. The molecule has 0 amide bonds. The first kappa shape index (κ1) is 10.7. The molecule has 0 saturated heterocycles. The van der Waals surface area contributed by atoms with Crippen molar-refractivity contribution < 1.29 is 9.66 Å². The van der Waals surface area contributed by atoms with Gasteiger partial charge in [0.15, 0.2) is 0 Å². The molecule has 0 spiro atoms. The summed E-state index contributed by atoms with van der Waals surface area (Å²) in [5, 5.41) is 10.1.